The lowest BCUT2D eigenvalue weighted by Crippen LogP contribution is -2.39. The molecule has 5 nitrogen and oxygen atoms in total. The van der Waals surface area contributed by atoms with Crippen molar-refractivity contribution >= 4 is 5.91 Å². The summed E-state index contributed by atoms with van der Waals surface area (Å²) in [4.78, 5) is 11.8. The lowest BCUT2D eigenvalue weighted by atomic mass is 10.1. The van der Waals surface area contributed by atoms with Gasteiger partial charge < -0.3 is 20.5 Å². The smallest absolute Gasteiger partial charge is 0.422 e. The second-order valence-electron chi connectivity index (χ2n) is 5.12. The molecule has 0 spiro atoms. The van der Waals surface area contributed by atoms with E-state index in [-0.39, 0.29) is 18.2 Å². The number of halogens is 3. The molecule has 1 aromatic carbocycles. The maximum atomic E-state index is 12.0. The van der Waals surface area contributed by atoms with Crippen LogP contribution in [0.4, 0.5) is 13.2 Å². The Morgan fingerprint density at radius 3 is 2.59 bits per heavy atom. The normalized spacial score (nSPS) is 21.6. The Labute approximate surface area is 125 Å². The minimum Gasteiger partial charge on any atom is -0.484 e. The molecule has 2 rings (SSSR count). The van der Waals surface area contributed by atoms with Crippen LogP contribution in [0.1, 0.15) is 12.0 Å². The zero-order chi connectivity index (χ0) is 16.2. The summed E-state index contributed by atoms with van der Waals surface area (Å²) in [5, 5.41) is 14.9. The Kier molecular flexibility index (Phi) is 5.25. The van der Waals surface area contributed by atoms with Gasteiger partial charge in [0.25, 0.3) is 0 Å². The summed E-state index contributed by atoms with van der Waals surface area (Å²) in [7, 11) is 0. The monoisotopic (exact) mass is 318 g/mol. The van der Waals surface area contributed by atoms with Crippen molar-refractivity contribution in [3.8, 4) is 5.75 Å². The Morgan fingerprint density at radius 2 is 2.05 bits per heavy atom. The molecule has 8 heteroatoms. The molecule has 2 unspecified atom stereocenters. The number of hydrogen-bond donors (Lipinski definition) is 3. The first-order chi connectivity index (χ1) is 10.3. The zero-order valence-corrected chi connectivity index (χ0v) is 11.7. The number of carbonyl (C=O) groups is 1. The third kappa shape index (κ3) is 5.19. The molecule has 1 aliphatic heterocycles. The minimum absolute atomic E-state index is 0.119. The molecule has 0 aliphatic carbocycles. The van der Waals surface area contributed by atoms with Crippen molar-refractivity contribution in [1.29, 1.82) is 0 Å². The number of carbonyl (C=O) groups excluding carboxylic acids is 1. The van der Waals surface area contributed by atoms with Gasteiger partial charge in [0, 0.05) is 13.1 Å². The molecule has 1 saturated heterocycles. The fraction of sp³-hybridized carbons (Fsp3) is 0.500. The third-order valence-electron chi connectivity index (χ3n) is 3.22. The largest absolute Gasteiger partial charge is 0.484 e. The summed E-state index contributed by atoms with van der Waals surface area (Å²) in [6, 6.07) is 5.60. The van der Waals surface area contributed by atoms with E-state index >= 15 is 0 Å². The Morgan fingerprint density at radius 1 is 1.36 bits per heavy atom. The van der Waals surface area contributed by atoms with Gasteiger partial charge in [-0.25, -0.2) is 0 Å². The molecule has 1 amide bonds. The van der Waals surface area contributed by atoms with E-state index in [0.29, 0.717) is 13.0 Å². The predicted octanol–water partition coefficient (Wildman–Crippen LogP) is 0.967. The molecule has 1 aliphatic rings. The van der Waals surface area contributed by atoms with E-state index in [9.17, 15) is 23.1 Å². The van der Waals surface area contributed by atoms with Crippen LogP contribution in [0, 0.1) is 0 Å². The molecule has 1 aromatic rings. The molecule has 22 heavy (non-hydrogen) atoms. The number of benzene rings is 1. The second-order valence-corrected chi connectivity index (χ2v) is 5.12. The molecule has 0 saturated carbocycles. The molecule has 0 bridgehead atoms. The van der Waals surface area contributed by atoms with Crippen LogP contribution in [0.15, 0.2) is 24.3 Å². The fourth-order valence-electron chi connectivity index (χ4n) is 2.10. The van der Waals surface area contributed by atoms with Gasteiger partial charge >= 0.3 is 6.18 Å². The SMILES string of the molecule is O=C(NCc1ccc(OCC(F)(F)F)cc1)C1CC(O)CN1. The molecule has 2 atom stereocenters. The van der Waals surface area contributed by atoms with Gasteiger partial charge in [-0.2, -0.15) is 13.2 Å². The highest BCUT2D eigenvalue weighted by molar-refractivity contribution is 5.82. The van der Waals surface area contributed by atoms with Crippen molar-refractivity contribution in [2.24, 2.45) is 0 Å². The van der Waals surface area contributed by atoms with Crippen LogP contribution in [-0.4, -0.2) is 42.5 Å². The van der Waals surface area contributed by atoms with Gasteiger partial charge in [-0.1, -0.05) is 12.1 Å². The van der Waals surface area contributed by atoms with E-state index in [1.807, 2.05) is 0 Å². The average Bonchev–Trinajstić information content (AvgIpc) is 2.89. The first kappa shape index (κ1) is 16.6. The molecular formula is C14H17F3N2O3. The Balaban J connectivity index is 1.77. The Hall–Kier alpha value is -1.80. The number of rotatable bonds is 5. The zero-order valence-electron chi connectivity index (χ0n) is 11.7. The number of hydrogen-bond acceptors (Lipinski definition) is 4. The van der Waals surface area contributed by atoms with Crippen molar-refractivity contribution in [1.82, 2.24) is 10.6 Å². The number of aliphatic hydroxyl groups excluding tert-OH is 1. The van der Waals surface area contributed by atoms with Crippen LogP contribution < -0.4 is 15.4 Å². The van der Waals surface area contributed by atoms with Gasteiger partial charge in [0.1, 0.15) is 5.75 Å². The van der Waals surface area contributed by atoms with E-state index in [0.717, 1.165) is 5.56 Å². The average molecular weight is 318 g/mol. The van der Waals surface area contributed by atoms with Gasteiger partial charge in [-0.05, 0) is 24.1 Å². The maximum absolute atomic E-state index is 12.0. The van der Waals surface area contributed by atoms with Crippen molar-refractivity contribution < 1.29 is 27.8 Å². The van der Waals surface area contributed by atoms with Crippen LogP contribution in [0.25, 0.3) is 0 Å². The lowest BCUT2D eigenvalue weighted by molar-refractivity contribution is -0.153. The highest BCUT2D eigenvalue weighted by Crippen LogP contribution is 2.18. The summed E-state index contributed by atoms with van der Waals surface area (Å²) in [5.41, 5.74) is 0.742. The maximum Gasteiger partial charge on any atom is 0.422 e. The van der Waals surface area contributed by atoms with E-state index in [1.54, 1.807) is 12.1 Å². The summed E-state index contributed by atoms with van der Waals surface area (Å²) in [6.45, 7) is -0.686. The topological polar surface area (TPSA) is 70.6 Å². The van der Waals surface area contributed by atoms with Gasteiger partial charge in [0.15, 0.2) is 6.61 Å². The van der Waals surface area contributed by atoms with E-state index in [2.05, 4.69) is 15.4 Å². The van der Waals surface area contributed by atoms with Crippen LogP contribution in [0.3, 0.4) is 0 Å². The van der Waals surface area contributed by atoms with E-state index < -0.39 is 24.9 Å². The van der Waals surface area contributed by atoms with Gasteiger partial charge in [-0.15, -0.1) is 0 Å². The quantitative estimate of drug-likeness (QED) is 0.756. The van der Waals surface area contributed by atoms with Crippen molar-refractivity contribution in [3.63, 3.8) is 0 Å². The van der Waals surface area contributed by atoms with Crippen molar-refractivity contribution in [3.05, 3.63) is 29.8 Å². The number of ether oxygens (including phenoxy) is 1. The predicted molar refractivity (Wildman–Crippen MR) is 72.3 cm³/mol. The first-order valence-electron chi connectivity index (χ1n) is 6.81. The van der Waals surface area contributed by atoms with Crippen LogP contribution in [0.5, 0.6) is 5.75 Å². The van der Waals surface area contributed by atoms with E-state index in [1.165, 1.54) is 12.1 Å². The molecule has 122 valence electrons. The molecule has 1 heterocycles. The van der Waals surface area contributed by atoms with Crippen LogP contribution in [-0.2, 0) is 11.3 Å². The van der Waals surface area contributed by atoms with Crippen LogP contribution >= 0.6 is 0 Å². The third-order valence-corrected chi connectivity index (χ3v) is 3.22. The first-order valence-corrected chi connectivity index (χ1v) is 6.81. The second kappa shape index (κ2) is 6.97. The Bertz CT molecular complexity index is 505. The summed E-state index contributed by atoms with van der Waals surface area (Å²) < 4.78 is 40.6. The molecular weight excluding hydrogens is 301 g/mol. The number of nitrogens with one attached hydrogen (secondary N) is 2. The van der Waals surface area contributed by atoms with Crippen molar-refractivity contribution in [2.75, 3.05) is 13.2 Å². The minimum atomic E-state index is -4.37. The lowest BCUT2D eigenvalue weighted by Gasteiger charge is -2.12. The van der Waals surface area contributed by atoms with Gasteiger partial charge in [0.05, 0.1) is 12.1 Å². The van der Waals surface area contributed by atoms with Crippen molar-refractivity contribution in [2.45, 2.75) is 31.3 Å². The molecule has 0 radical (unpaired) electrons. The number of aliphatic hydroxyl groups is 1. The standard InChI is InChI=1S/C14H17F3N2O3/c15-14(16,17)8-22-11-3-1-9(2-4-11)6-19-13(21)12-5-10(20)7-18-12/h1-4,10,12,18,20H,5-8H2,(H,19,21). The fourth-order valence-corrected chi connectivity index (χ4v) is 2.10. The van der Waals surface area contributed by atoms with Crippen LogP contribution in [0.2, 0.25) is 0 Å². The molecule has 0 aromatic heterocycles. The van der Waals surface area contributed by atoms with E-state index in [4.69, 9.17) is 0 Å². The highest BCUT2D eigenvalue weighted by Gasteiger charge is 2.28. The summed E-state index contributed by atoms with van der Waals surface area (Å²) in [6.07, 6.45) is -4.51. The van der Waals surface area contributed by atoms with Gasteiger partial charge in [-0.3, -0.25) is 4.79 Å². The highest BCUT2D eigenvalue weighted by atomic mass is 19.4. The number of alkyl halides is 3. The van der Waals surface area contributed by atoms with Gasteiger partial charge in [0.2, 0.25) is 5.91 Å². The number of amides is 1. The number of β-amino-alcohol motifs (C(OH)–C–C–N with tert-alkyl or cyclic N) is 1. The molecule has 3 N–H and O–H groups in total. The summed E-state index contributed by atoms with van der Waals surface area (Å²) in [5.74, 6) is -0.0954. The summed E-state index contributed by atoms with van der Waals surface area (Å²) >= 11 is 0. The molecule has 1 fully saturated rings.